The number of ether oxygens (including phenoxy) is 1. The van der Waals surface area contributed by atoms with Gasteiger partial charge in [-0.25, -0.2) is 0 Å². The summed E-state index contributed by atoms with van der Waals surface area (Å²) < 4.78 is 5.80. The molecule has 1 atom stereocenters. The standard InChI is InChI=1S/C15H23NO2/c1-5-14(15(17)16(6-2)7-3)18-13-10-8-9-12(4)11-13/h8-11,14H,5-7H2,1-4H3/t14-/m1/s1. The highest BCUT2D eigenvalue weighted by molar-refractivity contribution is 5.81. The van der Waals surface area contributed by atoms with Gasteiger partial charge in [0.1, 0.15) is 5.75 Å². The lowest BCUT2D eigenvalue weighted by Gasteiger charge is -2.25. The van der Waals surface area contributed by atoms with E-state index in [1.54, 1.807) is 0 Å². The Morgan fingerprint density at radius 1 is 1.28 bits per heavy atom. The van der Waals surface area contributed by atoms with E-state index >= 15 is 0 Å². The average Bonchev–Trinajstić information content (AvgIpc) is 2.37. The fourth-order valence-electron chi connectivity index (χ4n) is 1.90. The van der Waals surface area contributed by atoms with Gasteiger partial charge in [0.2, 0.25) is 0 Å². The molecule has 100 valence electrons. The third-order valence-electron chi connectivity index (χ3n) is 2.99. The fraction of sp³-hybridized carbons (Fsp3) is 0.533. The number of aryl methyl sites for hydroxylation is 1. The summed E-state index contributed by atoms with van der Waals surface area (Å²) in [6, 6.07) is 7.81. The highest BCUT2D eigenvalue weighted by Gasteiger charge is 2.22. The number of hydrogen-bond donors (Lipinski definition) is 0. The minimum Gasteiger partial charge on any atom is -0.481 e. The second-order valence-corrected chi connectivity index (χ2v) is 4.34. The van der Waals surface area contributed by atoms with Crippen molar-refractivity contribution in [3.8, 4) is 5.75 Å². The van der Waals surface area contributed by atoms with Gasteiger partial charge >= 0.3 is 0 Å². The molecule has 0 aliphatic heterocycles. The lowest BCUT2D eigenvalue weighted by atomic mass is 10.2. The van der Waals surface area contributed by atoms with Gasteiger partial charge in [-0.2, -0.15) is 0 Å². The first kappa shape index (κ1) is 14.6. The maximum Gasteiger partial charge on any atom is 0.263 e. The van der Waals surface area contributed by atoms with Crippen LogP contribution in [0.15, 0.2) is 24.3 Å². The summed E-state index contributed by atoms with van der Waals surface area (Å²) in [7, 11) is 0. The van der Waals surface area contributed by atoms with E-state index in [0.29, 0.717) is 6.42 Å². The number of likely N-dealkylation sites (N-methyl/N-ethyl adjacent to an activating group) is 1. The maximum absolute atomic E-state index is 12.2. The second-order valence-electron chi connectivity index (χ2n) is 4.34. The molecule has 3 heteroatoms. The van der Waals surface area contributed by atoms with Crippen molar-refractivity contribution in [3.63, 3.8) is 0 Å². The Hall–Kier alpha value is -1.51. The molecule has 0 saturated heterocycles. The van der Waals surface area contributed by atoms with Crippen LogP contribution in [0.1, 0.15) is 32.8 Å². The van der Waals surface area contributed by atoms with Crippen LogP contribution in [0.5, 0.6) is 5.75 Å². The highest BCUT2D eigenvalue weighted by Crippen LogP contribution is 2.16. The van der Waals surface area contributed by atoms with Crippen LogP contribution in [-0.2, 0) is 4.79 Å². The van der Waals surface area contributed by atoms with Crippen LogP contribution in [0.3, 0.4) is 0 Å². The predicted molar refractivity (Wildman–Crippen MR) is 73.8 cm³/mol. The molecule has 0 aliphatic rings. The van der Waals surface area contributed by atoms with E-state index in [4.69, 9.17) is 4.74 Å². The Kier molecular flexibility index (Phi) is 5.69. The normalized spacial score (nSPS) is 12.0. The lowest BCUT2D eigenvalue weighted by molar-refractivity contribution is -0.138. The van der Waals surface area contributed by atoms with Gasteiger partial charge in [0.15, 0.2) is 6.10 Å². The molecular weight excluding hydrogens is 226 g/mol. The second kappa shape index (κ2) is 7.04. The van der Waals surface area contributed by atoms with Crippen LogP contribution < -0.4 is 4.74 Å². The third kappa shape index (κ3) is 3.76. The largest absolute Gasteiger partial charge is 0.481 e. The van der Waals surface area contributed by atoms with Gasteiger partial charge < -0.3 is 9.64 Å². The van der Waals surface area contributed by atoms with Crippen LogP contribution in [0.4, 0.5) is 0 Å². The van der Waals surface area contributed by atoms with Crippen molar-refractivity contribution >= 4 is 5.91 Å². The maximum atomic E-state index is 12.2. The number of carbonyl (C=O) groups is 1. The quantitative estimate of drug-likeness (QED) is 0.775. The molecule has 0 fully saturated rings. The Morgan fingerprint density at radius 2 is 1.94 bits per heavy atom. The molecule has 0 heterocycles. The van der Waals surface area contributed by atoms with Crippen molar-refractivity contribution in [1.82, 2.24) is 4.90 Å². The fourth-order valence-corrected chi connectivity index (χ4v) is 1.90. The minimum atomic E-state index is -0.383. The number of hydrogen-bond acceptors (Lipinski definition) is 2. The number of rotatable bonds is 6. The van der Waals surface area contributed by atoms with E-state index in [2.05, 4.69) is 0 Å². The summed E-state index contributed by atoms with van der Waals surface area (Å²) in [6.45, 7) is 9.41. The van der Waals surface area contributed by atoms with Crippen molar-refractivity contribution in [1.29, 1.82) is 0 Å². The molecule has 1 aromatic carbocycles. The predicted octanol–water partition coefficient (Wildman–Crippen LogP) is 3.02. The third-order valence-corrected chi connectivity index (χ3v) is 2.99. The van der Waals surface area contributed by atoms with Crippen LogP contribution >= 0.6 is 0 Å². The highest BCUT2D eigenvalue weighted by atomic mass is 16.5. The summed E-state index contributed by atoms with van der Waals surface area (Å²) in [5.74, 6) is 0.839. The summed E-state index contributed by atoms with van der Waals surface area (Å²) in [4.78, 5) is 14.0. The molecule has 0 aromatic heterocycles. The van der Waals surface area contributed by atoms with Gasteiger partial charge in [0.05, 0.1) is 0 Å². The van der Waals surface area contributed by atoms with Gasteiger partial charge in [0.25, 0.3) is 5.91 Å². The monoisotopic (exact) mass is 249 g/mol. The van der Waals surface area contributed by atoms with Crippen molar-refractivity contribution in [2.24, 2.45) is 0 Å². The van der Waals surface area contributed by atoms with E-state index in [9.17, 15) is 4.79 Å². The van der Waals surface area contributed by atoms with Crippen LogP contribution in [0, 0.1) is 6.92 Å². The first-order chi connectivity index (χ1) is 8.62. The van der Waals surface area contributed by atoms with Crippen molar-refractivity contribution in [2.45, 2.75) is 40.2 Å². The van der Waals surface area contributed by atoms with Crippen molar-refractivity contribution < 1.29 is 9.53 Å². The first-order valence-corrected chi connectivity index (χ1v) is 6.64. The number of benzene rings is 1. The van der Waals surface area contributed by atoms with Gasteiger partial charge in [-0.05, 0) is 44.9 Å². The Bertz CT molecular complexity index is 386. The molecule has 0 N–H and O–H groups in total. The Balaban J connectivity index is 2.75. The Morgan fingerprint density at radius 3 is 2.44 bits per heavy atom. The smallest absolute Gasteiger partial charge is 0.263 e. The van der Waals surface area contributed by atoms with Gasteiger partial charge in [0, 0.05) is 13.1 Å². The zero-order valence-electron chi connectivity index (χ0n) is 11.8. The number of nitrogens with zero attached hydrogens (tertiary/aromatic N) is 1. The van der Waals surface area contributed by atoms with E-state index in [1.165, 1.54) is 0 Å². The lowest BCUT2D eigenvalue weighted by Crippen LogP contribution is -2.41. The molecular formula is C15H23NO2. The zero-order chi connectivity index (χ0) is 13.5. The summed E-state index contributed by atoms with van der Waals surface area (Å²) in [6.07, 6.45) is 0.301. The first-order valence-electron chi connectivity index (χ1n) is 6.64. The summed E-state index contributed by atoms with van der Waals surface area (Å²) >= 11 is 0. The zero-order valence-corrected chi connectivity index (χ0v) is 11.8. The Labute approximate surface area is 110 Å². The molecule has 0 bridgehead atoms. The number of carbonyl (C=O) groups excluding carboxylic acids is 1. The van der Waals surface area contributed by atoms with Crippen LogP contribution in [-0.4, -0.2) is 30.0 Å². The topological polar surface area (TPSA) is 29.5 Å². The van der Waals surface area contributed by atoms with Gasteiger partial charge in [-0.1, -0.05) is 19.1 Å². The molecule has 1 amide bonds. The van der Waals surface area contributed by atoms with E-state index in [1.807, 2.05) is 56.9 Å². The molecule has 0 saturated carbocycles. The van der Waals surface area contributed by atoms with Crippen LogP contribution in [0.25, 0.3) is 0 Å². The van der Waals surface area contributed by atoms with E-state index < -0.39 is 0 Å². The van der Waals surface area contributed by atoms with Crippen LogP contribution in [0.2, 0.25) is 0 Å². The number of amides is 1. The molecule has 0 radical (unpaired) electrons. The van der Waals surface area contributed by atoms with Gasteiger partial charge in [-0.3, -0.25) is 4.79 Å². The molecule has 0 aliphatic carbocycles. The summed E-state index contributed by atoms with van der Waals surface area (Å²) in [5, 5.41) is 0. The average molecular weight is 249 g/mol. The van der Waals surface area contributed by atoms with Crippen molar-refractivity contribution in [2.75, 3.05) is 13.1 Å². The van der Waals surface area contributed by atoms with Crippen molar-refractivity contribution in [3.05, 3.63) is 29.8 Å². The molecule has 1 aromatic rings. The summed E-state index contributed by atoms with van der Waals surface area (Å²) in [5.41, 5.74) is 1.14. The molecule has 1 rings (SSSR count). The molecule has 0 unspecified atom stereocenters. The van der Waals surface area contributed by atoms with E-state index in [-0.39, 0.29) is 12.0 Å². The SMILES string of the molecule is CC[C@@H](Oc1cccc(C)c1)C(=O)N(CC)CC. The molecule has 3 nitrogen and oxygen atoms in total. The van der Waals surface area contributed by atoms with Gasteiger partial charge in [-0.15, -0.1) is 0 Å². The molecule has 0 spiro atoms. The van der Waals surface area contributed by atoms with E-state index in [0.717, 1.165) is 24.4 Å². The minimum absolute atomic E-state index is 0.0732. The molecule has 18 heavy (non-hydrogen) atoms.